The summed E-state index contributed by atoms with van der Waals surface area (Å²) in [4.78, 5) is 1.73. The summed E-state index contributed by atoms with van der Waals surface area (Å²) in [6, 6.07) is 0. The molecule has 0 radical (unpaired) electrons. The number of halogens is 1. The maximum absolute atomic E-state index is 3.11. The average Bonchev–Trinajstić information content (AvgIpc) is 1.61. The Hall–Kier alpha value is 0. The van der Waals surface area contributed by atoms with Crippen LogP contribution in [0.5, 0.6) is 0 Å². The quantitative estimate of drug-likeness (QED) is 0.518. The molecule has 0 aromatic rings. The molecule has 0 saturated carbocycles. The molecule has 0 amide bonds. The van der Waals surface area contributed by atoms with E-state index in [9.17, 15) is 0 Å². The maximum Gasteiger partial charge on any atom is 0.0228 e. The summed E-state index contributed by atoms with van der Waals surface area (Å²) in [7, 11) is 0. The molecule has 0 fully saturated rings. The summed E-state index contributed by atoms with van der Waals surface area (Å²) in [6.45, 7) is 4.23. The summed E-state index contributed by atoms with van der Waals surface area (Å²) in [5.41, 5.74) is 2.91. The normalized spacial score (nSPS) is 8.00. The van der Waals surface area contributed by atoms with Crippen molar-refractivity contribution in [2.45, 2.75) is 13.8 Å². The third kappa shape index (κ3) is 6.00. The van der Waals surface area contributed by atoms with E-state index in [1.807, 2.05) is 6.08 Å². The predicted octanol–water partition coefficient (Wildman–Crippen LogP) is 2.71. The van der Waals surface area contributed by atoms with Crippen molar-refractivity contribution in [1.29, 1.82) is 0 Å². The second kappa shape index (κ2) is 4.17. The molecule has 0 N–H and O–H groups in total. The van der Waals surface area contributed by atoms with Crippen LogP contribution < -0.4 is 0 Å². The highest BCUT2D eigenvalue weighted by Crippen LogP contribution is 1.91. The molecule has 0 spiro atoms. The second-order valence-corrected chi connectivity index (χ2v) is 2.14. The monoisotopic (exact) mass is 160 g/mol. The third-order valence-corrected chi connectivity index (χ3v) is 0.757. The van der Waals surface area contributed by atoms with E-state index in [1.165, 1.54) is 0 Å². The average molecular weight is 161 g/mol. The maximum atomic E-state index is 3.11. The van der Waals surface area contributed by atoms with Gasteiger partial charge in [0.2, 0.25) is 0 Å². The van der Waals surface area contributed by atoms with Crippen molar-refractivity contribution in [1.82, 2.24) is 0 Å². The Kier molecular flexibility index (Phi) is 4.17. The van der Waals surface area contributed by atoms with Gasteiger partial charge in [0, 0.05) is 4.99 Å². The van der Waals surface area contributed by atoms with Crippen LogP contribution in [0.15, 0.2) is 16.8 Å². The van der Waals surface area contributed by atoms with E-state index >= 15 is 0 Å². The van der Waals surface area contributed by atoms with Crippen molar-refractivity contribution in [2.75, 3.05) is 0 Å². The van der Waals surface area contributed by atoms with E-state index in [0.717, 1.165) is 0 Å². The molecule has 0 heterocycles. The molecule has 0 atom stereocenters. The van der Waals surface area contributed by atoms with Crippen molar-refractivity contribution < 1.29 is 0 Å². The lowest BCUT2D eigenvalue weighted by Gasteiger charge is -1.84. The van der Waals surface area contributed by atoms with E-state index < -0.39 is 0 Å². The standard InChI is InChI=1S/C6H9Br/c1-6(2)4-3-5-7/h4-6H,1-2H3. The number of hydrogen-bond acceptors (Lipinski definition) is 0. The summed E-state index contributed by atoms with van der Waals surface area (Å²) in [5, 5.41) is 0. The molecule has 40 valence electrons. The number of allylic oxidation sites excluding steroid dienone is 1. The molecular formula is C6H9Br. The summed E-state index contributed by atoms with van der Waals surface area (Å²) < 4.78 is 0. The molecule has 0 aliphatic carbocycles. The van der Waals surface area contributed by atoms with Gasteiger partial charge in [-0.15, -0.1) is 5.73 Å². The molecule has 0 aliphatic heterocycles. The summed E-state index contributed by atoms with van der Waals surface area (Å²) in [5.74, 6) is 0.605. The van der Waals surface area contributed by atoms with Gasteiger partial charge in [0.25, 0.3) is 0 Å². The molecule has 1 heteroatoms. The number of rotatable bonds is 1. The molecular weight excluding hydrogens is 152 g/mol. The van der Waals surface area contributed by atoms with Crippen LogP contribution in [0.25, 0.3) is 0 Å². The van der Waals surface area contributed by atoms with Gasteiger partial charge in [0.15, 0.2) is 0 Å². The SMILES string of the molecule is CC(C)C=C=CBr. The van der Waals surface area contributed by atoms with Gasteiger partial charge in [-0.25, -0.2) is 0 Å². The van der Waals surface area contributed by atoms with Gasteiger partial charge in [0.05, 0.1) is 0 Å². The molecule has 0 aromatic heterocycles. The molecule has 0 nitrogen and oxygen atoms in total. The van der Waals surface area contributed by atoms with E-state index in [-0.39, 0.29) is 0 Å². The van der Waals surface area contributed by atoms with E-state index in [0.29, 0.717) is 5.92 Å². The van der Waals surface area contributed by atoms with Crippen LogP contribution in [0.2, 0.25) is 0 Å². The lowest BCUT2D eigenvalue weighted by atomic mass is 10.2. The Morgan fingerprint density at radius 3 is 2.29 bits per heavy atom. The Bertz CT molecular complexity index is 86.4. The van der Waals surface area contributed by atoms with Crippen LogP contribution in [0.3, 0.4) is 0 Å². The third-order valence-electron chi connectivity index (χ3n) is 0.493. The molecule has 0 aliphatic rings. The summed E-state index contributed by atoms with van der Waals surface area (Å²) in [6.07, 6.45) is 1.99. The van der Waals surface area contributed by atoms with E-state index in [2.05, 4.69) is 35.5 Å². The van der Waals surface area contributed by atoms with Crippen LogP contribution >= 0.6 is 15.9 Å². The lowest BCUT2D eigenvalue weighted by molar-refractivity contribution is 0.833. The largest absolute Gasteiger partial charge is 0.117 e. The van der Waals surface area contributed by atoms with Crippen molar-refractivity contribution in [3.63, 3.8) is 0 Å². The van der Waals surface area contributed by atoms with E-state index in [4.69, 9.17) is 0 Å². The zero-order valence-corrected chi connectivity index (χ0v) is 6.20. The van der Waals surface area contributed by atoms with Gasteiger partial charge in [-0.05, 0) is 12.0 Å². The van der Waals surface area contributed by atoms with Crippen LogP contribution in [0.4, 0.5) is 0 Å². The molecule has 7 heavy (non-hydrogen) atoms. The first-order valence-corrected chi connectivity index (χ1v) is 3.20. The smallest absolute Gasteiger partial charge is 0.0228 e. The molecule has 0 unspecified atom stereocenters. The highest BCUT2D eigenvalue weighted by atomic mass is 79.9. The Labute approximate surface area is 53.1 Å². The fraction of sp³-hybridized carbons (Fsp3) is 0.500. The van der Waals surface area contributed by atoms with Gasteiger partial charge < -0.3 is 0 Å². The topological polar surface area (TPSA) is 0 Å². The highest BCUT2D eigenvalue weighted by Gasteiger charge is 1.76. The zero-order valence-electron chi connectivity index (χ0n) is 4.61. The Morgan fingerprint density at radius 1 is 1.57 bits per heavy atom. The van der Waals surface area contributed by atoms with Crippen molar-refractivity contribution in [2.24, 2.45) is 5.92 Å². The summed E-state index contributed by atoms with van der Waals surface area (Å²) >= 11 is 3.11. The van der Waals surface area contributed by atoms with Crippen LogP contribution in [-0.2, 0) is 0 Å². The van der Waals surface area contributed by atoms with Crippen LogP contribution in [-0.4, -0.2) is 0 Å². The van der Waals surface area contributed by atoms with Gasteiger partial charge in [0.1, 0.15) is 0 Å². The first-order valence-electron chi connectivity index (χ1n) is 2.28. The fourth-order valence-electron chi connectivity index (χ4n) is 0.229. The van der Waals surface area contributed by atoms with Gasteiger partial charge >= 0.3 is 0 Å². The first-order chi connectivity index (χ1) is 3.27. The van der Waals surface area contributed by atoms with Crippen molar-refractivity contribution in [3.8, 4) is 0 Å². The fourth-order valence-corrected chi connectivity index (χ4v) is 0.381. The Morgan fingerprint density at radius 2 is 2.14 bits per heavy atom. The minimum Gasteiger partial charge on any atom is -0.117 e. The molecule has 0 aromatic carbocycles. The van der Waals surface area contributed by atoms with E-state index in [1.54, 1.807) is 4.99 Å². The van der Waals surface area contributed by atoms with Crippen LogP contribution in [0.1, 0.15) is 13.8 Å². The van der Waals surface area contributed by atoms with Crippen molar-refractivity contribution >= 4 is 15.9 Å². The van der Waals surface area contributed by atoms with Gasteiger partial charge in [-0.3, -0.25) is 0 Å². The minimum absolute atomic E-state index is 0.605. The molecule has 0 saturated heterocycles. The first kappa shape index (κ1) is 7.00. The van der Waals surface area contributed by atoms with Crippen LogP contribution in [0, 0.1) is 5.92 Å². The van der Waals surface area contributed by atoms with Crippen molar-refractivity contribution in [3.05, 3.63) is 16.8 Å². The Balaban J connectivity index is 3.46. The molecule has 0 bridgehead atoms. The second-order valence-electron chi connectivity index (χ2n) is 1.69. The highest BCUT2D eigenvalue weighted by molar-refractivity contribution is 9.11. The van der Waals surface area contributed by atoms with Gasteiger partial charge in [-0.1, -0.05) is 29.8 Å². The lowest BCUT2D eigenvalue weighted by Crippen LogP contribution is -1.72. The molecule has 0 rings (SSSR count). The zero-order chi connectivity index (χ0) is 5.70. The number of hydrogen-bond donors (Lipinski definition) is 0. The minimum atomic E-state index is 0.605. The van der Waals surface area contributed by atoms with Gasteiger partial charge in [-0.2, -0.15) is 0 Å². The predicted molar refractivity (Wildman–Crippen MR) is 36.4 cm³/mol.